The van der Waals surface area contributed by atoms with Crippen molar-refractivity contribution in [1.29, 1.82) is 0 Å². The standard InChI is InChI=1S/C25H28N4O4S2/c30-24(26-21-7-3-5-16-4-1-2-6-20(16)21)17-10-12-29(13-11-17)35(31,32)22-14-19(15-34-22)23-27-25(33-28-23)18-8-9-18/h1-2,4,6,14-15,17-18,21H,3,5,7-13H2,(H,26,30)/t21-/m0/s1. The third-order valence-electron chi connectivity index (χ3n) is 7.31. The van der Waals surface area contributed by atoms with Crippen molar-refractivity contribution in [2.75, 3.05) is 13.1 Å². The molecule has 2 fully saturated rings. The molecule has 0 unspecified atom stereocenters. The van der Waals surface area contributed by atoms with E-state index in [1.54, 1.807) is 11.4 Å². The first-order valence-corrected chi connectivity index (χ1v) is 14.6. The van der Waals surface area contributed by atoms with Gasteiger partial charge in [0.2, 0.25) is 17.6 Å². The highest BCUT2D eigenvalue weighted by atomic mass is 32.2. The average molecular weight is 513 g/mol. The maximum Gasteiger partial charge on any atom is 0.252 e. The fourth-order valence-electron chi connectivity index (χ4n) is 5.10. The highest BCUT2D eigenvalue weighted by Gasteiger charge is 2.35. The molecule has 3 aromatic rings. The SMILES string of the molecule is O=C(N[C@H]1CCCc2ccccc21)C1CCN(S(=O)(=O)c2cc(-c3noc(C4CC4)n3)cs2)CC1. The number of nitrogens with one attached hydrogen (secondary N) is 1. The van der Waals surface area contributed by atoms with Gasteiger partial charge in [-0.05, 0) is 62.1 Å². The first kappa shape index (κ1) is 22.9. The molecule has 0 spiro atoms. The summed E-state index contributed by atoms with van der Waals surface area (Å²) in [7, 11) is -3.63. The minimum absolute atomic E-state index is 0.0331. The lowest BCUT2D eigenvalue weighted by Gasteiger charge is -2.32. The molecule has 2 aliphatic carbocycles. The Balaban J connectivity index is 1.08. The van der Waals surface area contributed by atoms with E-state index in [0.717, 1.165) is 32.1 Å². The number of thiophene rings is 1. The zero-order valence-electron chi connectivity index (χ0n) is 19.4. The number of nitrogens with zero attached hydrogens (tertiary/aromatic N) is 3. The Morgan fingerprint density at radius 2 is 1.91 bits per heavy atom. The van der Waals surface area contributed by atoms with Gasteiger partial charge < -0.3 is 9.84 Å². The zero-order chi connectivity index (χ0) is 24.0. The van der Waals surface area contributed by atoms with Crippen LogP contribution in [0, 0.1) is 5.92 Å². The lowest BCUT2D eigenvalue weighted by Crippen LogP contribution is -2.43. The molecule has 1 amide bonds. The quantitative estimate of drug-likeness (QED) is 0.529. The van der Waals surface area contributed by atoms with Gasteiger partial charge in [0.15, 0.2) is 0 Å². The van der Waals surface area contributed by atoms with Crippen LogP contribution >= 0.6 is 11.3 Å². The molecule has 0 radical (unpaired) electrons. The molecule has 1 aromatic carbocycles. The van der Waals surface area contributed by atoms with E-state index in [2.05, 4.69) is 27.6 Å². The van der Waals surface area contributed by atoms with Gasteiger partial charge in [0, 0.05) is 35.9 Å². The third kappa shape index (κ3) is 4.54. The number of rotatable bonds is 6. The fraction of sp³-hybridized carbons (Fsp3) is 0.480. The summed E-state index contributed by atoms with van der Waals surface area (Å²) in [6, 6.07) is 9.98. The van der Waals surface area contributed by atoms with E-state index in [1.807, 2.05) is 12.1 Å². The Morgan fingerprint density at radius 3 is 2.71 bits per heavy atom. The number of carbonyl (C=O) groups is 1. The van der Waals surface area contributed by atoms with E-state index in [9.17, 15) is 13.2 Å². The summed E-state index contributed by atoms with van der Waals surface area (Å²) in [4.78, 5) is 17.4. The van der Waals surface area contributed by atoms with E-state index >= 15 is 0 Å². The molecule has 1 N–H and O–H groups in total. The zero-order valence-corrected chi connectivity index (χ0v) is 21.0. The summed E-state index contributed by atoms with van der Waals surface area (Å²) in [5.41, 5.74) is 3.18. The molecule has 3 heterocycles. The molecule has 2 aromatic heterocycles. The molecule has 6 rings (SSSR count). The predicted molar refractivity (Wildman–Crippen MR) is 131 cm³/mol. The van der Waals surface area contributed by atoms with Crippen LogP contribution in [-0.2, 0) is 21.2 Å². The van der Waals surface area contributed by atoms with Crippen LogP contribution in [0.15, 0.2) is 44.4 Å². The Labute approximate surface area is 208 Å². The van der Waals surface area contributed by atoms with Crippen LogP contribution in [0.4, 0.5) is 0 Å². The van der Waals surface area contributed by atoms with Crippen LogP contribution in [0.2, 0.25) is 0 Å². The van der Waals surface area contributed by atoms with Crippen molar-refractivity contribution in [2.45, 2.75) is 61.1 Å². The van der Waals surface area contributed by atoms with Crippen molar-refractivity contribution in [2.24, 2.45) is 5.92 Å². The normalized spacial score (nSPS) is 21.5. The Kier molecular flexibility index (Phi) is 5.98. The van der Waals surface area contributed by atoms with Crippen molar-refractivity contribution in [3.8, 4) is 11.4 Å². The highest BCUT2D eigenvalue weighted by Crippen LogP contribution is 2.40. The van der Waals surface area contributed by atoms with Crippen molar-refractivity contribution in [1.82, 2.24) is 19.8 Å². The Morgan fingerprint density at radius 1 is 1.11 bits per heavy atom. The highest BCUT2D eigenvalue weighted by molar-refractivity contribution is 7.91. The van der Waals surface area contributed by atoms with Gasteiger partial charge in [-0.3, -0.25) is 4.79 Å². The number of carbonyl (C=O) groups excluding carboxylic acids is 1. The van der Waals surface area contributed by atoms with Gasteiger partial charge in [0.25, 0.3) is 10.0 Å². The summed E-state index contributed by atoms with van der Waals surface area (Å²) in [6.07, 6.45) is 6.23. The van der Waals surface area contributed by atoms with Gasteiger partial charge in [-0.25, -0.2) is 8.42 Å². The predicted octanol–water partition coefficient (Wildman–Crippen LogP) is 4.27. The smallest absolute Gasteiger partial charge is 0.252 e. The van der Waals surface area contributed by atoms with Crippen LogP contribution < -0.4 is 5.32 Å². The molecular weight excluding hydrogens is 484 g/mol. The van der Waals surface area contributed by atoms with Crippen LogP contribution in [0.5, 0.6) is 0 Å². The fourth-order valence-corrected chi connectivity index (χ4v) is 7.88. The first-order valence-electron chi connectivity index (χ1n) is 12.3. The van der Waals surface area contributed by atoms with Crippen LogP contribution in [0.3, 0.4) is 0 Å². The molecule has 35 heavy (non-hydrogen) atoms. The lowest BCUT2D eigenvalue weighted by atomic mass is 9.87. The van der Waals surface area contributed by atoms with Crippen molar-refractivity contribution < 1.29 is 17.7 Å². The van der Waals surface area contributed by atoms with E-state index in [4.69, 9.17) is 4.52 Å². The first-order chi connectivity index (χ1) is 17.0. The van der Waals surface area contributed by atoms with Gasteiger partial charge in [0.1, 0.15) is 4.21 Å². The summed E-state index contributed by atoms with van der Waals surface area (Å²) < 4.78 is 33.6. The number of piperidine rings is 1. The van der Waals surface area contributed by atoms with Crippen molar-refractivity contribution in [3.05, 3.63) is 52.7 Å². The summed E-state index contributed by atoms with van der Waals surface area (Å²) >= 11 is 1.17. The maximum absolute atomic E-state index is 13.3. The van der Waals surface area contributed by atoms with Crippen molar-refractivity contribution >= 4 is 27.3 Å². The number of sulfonamides is 1. The maximum atomic E-state index is 13.3. The topological polar surface area (TPSA) is 105 Å². The van der Waals surface area contributed by atoms with Crippen LogP contribution in [0.25, 0.3) is 11.4 Å². The molecule has 3 aliphatic rings. The van der Waals surface area contributed by atoms with Crippen LogP contribution in [0.1, 0.15) is 67.5 Å². The van der Waals surface area contributed by atoms with E-state index < -0.39 is 10.0 Å². The molecule has 8 nitrogen and oxygen atoms in total. The largest absolute Gasteiger partial charge is 0.349 e. The molecular formula is C25H28N4O4S2. The number of benzene rings is 1. The monoisotopic (exact) mass is 512 g/mol. The second-order valence-electron chi connectivity index (χ2n) is 9.72. The molecule has 1 saturated carbocycles. The second-order valence-corrected chi connectivity index (χ2v) is 12.8. The van der Waals surface area contributed by atoms with E-state index in [0.29, 0.717) is 49.1 Å². The molecule has 1 atom stereocenters. The summed E-state index contributed by atoms with van der Waals surface area (Å²) in [5, 5.41) is 9.01. The van der Waals surface area contributed by atoms with E-state index in [-0.39, 0.29) is 22.1 Å². The summed E-state index contributed by atoms with van der Waals surface area (Å²) in [6.45, 7) is 0.673. The van der Waals surface area contributed by atoms with Gasteiger partial charge in [-0.1, -0.05) is 29.4 Å². The van der Waals surface area contributed by atoms with Crippen LogP contribution in [-0.4, -0.2) is 41.9 Å². The molecule has 0 bridgehead atoms. The molecule has 1 aliphatic heterocycles. The minimum atomic E-state index is -3.63. The number of aromatic nitrogens is 2. The second kappa shape index (κ2) is 9.15. The lowest BCUT2D eigenvalue weighted by molar-refractivity contribution is -0.127. The number of aryl methyl sites for hydroxylation is 1. The number of hydrogen-bond donors (Lipinski definition) is 1. The molecule has 1 saturated heterocycles. The van der Waals surface area contributed by atoms with Gasteiger partial charge in [-0.2, -0.15) is 9.29 Å². The molecule has 184 valence electrons. The number of fused-ring (bicyclic) bond motifs is 1. The summed E-state index contributed by atoms with van der Waals surface area (Å²) in [5.74, 6) is 1.28. The number of amides is 1. The Hall–Kier alpha value is -2.56. The number of hydrogen-bond acceptors (Lipinski definition) is 7. The van der Waals surface area contributed by atoms with Gasteiger partial charge in [-0.15, -0.1) is 11.3 Å². The third-order valence-corrected chi connectivity index (χ3v) is 10.6. The van der Waals surface area contributed by atoms with Gasteiger partial charge in [0.05, 0.1) is 6.04 Å². The van der Waals surface area contributed by atoms with Gasteiger partial charge >= 0.3 is 0 Å². The minimum Gasteiger partial charge on any atom is -0.349 e. The van der Waals surface area contributed by atoms with Crippen molar-refractivity contribution in [3.63, 3.8) is 0 Å². The van der Waals surface area contributed by atoms with E-state index in [1.165, 1.54) is 26.8 Å². The molecule has 10 heteroatoms. The average Bonchev–Trinajstić information content (AvgIpc) is 3.39. The Bertz CT molecular complexity index is 1340.